The quantitative estimate of drug-likeness (QED) is 0.421. The summed E-state index contributed by atoms with van der Waals surface area (Å²) in [6.45, 7) is 0. The zero-order chi connectivity index (χ0) is 3.58. The Morgan fingerprint density at radius 2 is 1.80 bits per heavy atom. The van der Waals surface area contributed by atoms with Crippen LogP contribution in [0.15, 0.2) is 0 Å². The molecule has 0 spiro atoms. The van der Waals surface area contributed by atoms with E-state index in [1.165, 1.54) is 0 Å². The molecule has 0 aromatic rings. The zero-order valence-electron chi connectivity index (χ0n) is 2.34. The van der Waals surface area contributed by atoms with Crippen LogP contribution >= 0.6 is 12.4 Å². The Labute approximate surface area is 38.8 Å². The van der Waals surface area contributed by atoms with Gasteiger partial charge in [0.05, 0.1) is 11.2 Å². The van der Waals surface area contributed by atoms with Gasteiger partial charge in [-0.05, 0) is 0 Å². The number of hydrogen-bond donors (Lipinski definition) is 3. The fourth-order valence-electron chi connectivity index (χ4n) is 0. The van der Waals surface area contributed by atoms with Crippen LogP contribution in [0.2, 0.25) is 0 Å². The maximum absolute atomic E-state index is 7.53. The minimum absolute atomic E-state index is 0. The molecule has 0 fully saturated rings. The van der Waals surface area contributed by atoms with Gasteiger partial charge < -0.3 is 4.55 Å². The molecule has 0 amide bonds. The highest BCUT2D eigenvalue weighted by Crippen LogP contribution is 1.39. The lowest BCUT2D eigenvalue weighted by atomic mass is 13.9. The summed E-state index contributed by atoms with van der Waals surface area (Å²) in [5, 5.41) is 4.36. The molecule has 1 atom stereocenters. The van der Waals surface area contributed by atoms with E-state index in [0.717, 1.165) is 0 Å². The van der Waals surface area contributed by atoms with Gasteiger partial charge in [0.15, 0.2) is 0 Å². The highest BCUT2D eigenvalue weighted by molar-refractivity contribution is 7.77. The van der Waals surface area contributed by atoms with E-state index in [2.05, 4.69) is 5.14 Å². The standard InChI is InChI=1S/ClH.H4N2OS/c;1-4(2)3/h1H;(H4,1,2,3). The van der Waals surface area contributed by atoms with Gasteiger partial charge in [0.2, 0.25) is 0 Å². The number of hydrogen-bond acceptors (Lipinski definition) is 1. The molecule has 0 bridgehead atoms. The van der Waals surface area contributed by atoms with Crippen molar-refractivity contribution >= 4 is 23.6 Å². The summed E-state index contributed by atoms with van der Waals surface area (Å²) < 4.78 is 13.5. The van der Waals surface area contributed by atoms with E-state index in [1.54, 1.807) is 0 Å². The average molecular weight is 117 g/mol. The first-order valence-electron chi connectivity index (χ1n) is 0.622. The molecule has 0 saturated heterocycles. The maximum atomic E-state index is 7.53. The normalized spacial score (nSPS) is 12.4. The van der Waals surface area contributed by atoms with Crippen LogP contribution in [0.25, 0.3) is 0 Å². The third kappa shape index (κ3) is 187. The lowest BCUT2D eigenvalue weighted by Gasteiger charge is -1.68. The molecule has 0 saturated carbocycles. The molecule has 0 aromatic heterocycles. The second kappa shape index (κ2) is 4.36. The summed E-state index contributed by atoms with van der Waals surface area (Å²) in [5.74, 6) is 0. The minimum atomic E-state index is -1.61. The van der Waals surface area contributed by atoms with Crippen molar-refractivity contribution in [1.82, 2.24) is 0 Å². The van der Waals surface area contributed by atoms with Crippen LogP contribution in [0.3, 0.4) is 0 Å². The van der Waals surface area contributed by atoms with E-state index in [0.29, 0.717) is 0 Å². The van der Waals surface area contributed by atoms with Crippen LogP contribution in [-0.2, 0) is 11.2 Å². The molecule has 0 aliphatic rings. The zero-order valence-corrected chi connectivity index (χ0v) is 3.97. The van der Waals surface area contributed by atoms with Crippen LogP contribution < -0.4 is 5.14 Å². The molecule has 4 N–H and O–H groups in total. The average Bonchev–Trinajstić information content (AvgIpc) is 0.811. The number of nitrogens with two attached hydrogens (primary N) is 1. The van der Waals surface area contributed by atoms with E-state index >= 15 is 0 Å². The molecular formula is H5ClN2OS. The Hall–Kier alpha value is 0.360. The molecule has 5 heteroatoms. The Morgan fingerprint density at radius 1 is 1.80 bits per heavy atom. The molecule has 3 nitrogen and oxygen atoms in total. The number of nitrogens with one attached hydrogen (secondary N) is 1. The molecule has 0 heterocycles. The van der Waals surface area contributed by atoms with E-state index in [1.807, 2.05) is 0 Å². The molecular weight excluding hydrogens is 112 g/mol. The van der Waals surface area contributed by atoms with E-state index in [4.69, 9.17) is 9.33 Å². The SMILES string of the molecule is Cl.N=S(N)O. The van der Waals surface area contributed by atoms with Crippen LogP contribution in [0.4, 0.5) is 0 Å². The number of rotatable bonds is 0. The van der Waals surface area contributed by atoms with Crippen molar-refractivity contribution in [2.75, 3.05) is 0 Å². The fraction of sp³-hybridized carbons (Fsp3) is 0. The van der Waals surface area contributed by atoms with Crippen LogP contribution in [0.1, 0.15) is 0 Å². The fourth-order valence-corrected chi connectivity index (χ4v) is 0. The predicted octanol–water partition coefficient (Wildman–Crippen LogP) is 0.136. The topological polar surface area (TPSA) is 70.1 Å². The highest BCUT2D eigenvalue weighted by atomic mass is 35.5. The first-order chi connectivity index (χ1) is 1.73. The Balaban J connectivity index is 0. The van der Waals surface area contributed by atoms with Crippen molar-refractivity contribution in [1.29, 1.82) is 4.78 Å². The van der Waals surface area contributed by atoms with Crippen molar-refractivity contribution in [2.45, 2.75) is 0 Å². The molecule has 0 aliphatic carbocycles. The summed E-state index contributed by atoms with van der Waals surface area (Å²) in [6.07, 6.45) is 0. The summed E-state index contributed by atoms with van der Waals surface area (Å²) in [5.41, 5.74) is 0. The second-order valence-electron chi connectivity index (χ2n) is 0.315. The van der Waals surface area contributed by atoms with Crippen LogP contribution in [0.5, 0.6) is 0 Å². The second-order valence-corrected chi connectivity index (χ2v) is 0.944. The molecule has 0 aliphatic heterocycles. The van der Waals surface area contributed by atoms with E-state index < -0.39 is 11.2 Å². The Morgan fingerprint density at radius 3 is 1.80 bits per heavy atom. The van der Waals surface area contributed by atoms with Gasteiger partial charge in [-0.3, -0.25) is 0 Å². The smallest absolute Gasteiger partial charge is 0.0979 e. The van der Waals surface area contributed by atoms with Crippen molar-refractivity contribution in [3.05, 3.63) is 0 Å². The van der Waals surface area contributed by atoms with Gasteiger partial charge in [-0.1, -0.05) is 0 Å². The van der Waals surface area contributed by atoms with Gasteiger partial charge in [0.1, 0.15) is 0 Å². The molecule has 0 radical (unpaired) electrons. The third-order valence-corrected chi connectivity index (χ3v) is 0. The van der Waals surface area contributed by atoms with Crippen molar-refractivity contribution < 1.29 is 4.55 Å². The van der Waals surface area contributed by atoms with E-state index in [-0.39, 0.29) is 12.4 Å². The first kappa shape index (κ1) is 9.03. The monoisotopic (exact) mass is 116 g/mol. The van der Waals surface area contributed by atoms with Crippen LogP contribution in [0, 0.1) is 4.78 Å². The largest absolute Gasteiger partial charge is 0.310 e. The Bertz CT molecular complexity index is 32.6. The van der Waals surface area contributed by atoms with Gasteiger partial charge >= 0.3 is 0 Å². The van der Waals surface area contributed by atoms with Gasteiger partial charge in [-0.25, -0.2) is 9.92 Å². The molecule has 0 aromatic carbocycles. The molecule has 5 heavy (non-hydrogen) atoms. The summed E-state index contributed by atoms with van der Waals surface area (Å²) >= 11 is -1.61. The third-order valence-electron chi connectivity index (χ3n) is 0. The molecule has 1 unspecified atom stereocenters. The van der Waals surface area contributed by atoms with Gasteiger partial charge in [0, 0.05) is 0 Å². The van der Waals surface area contributed by atoms with Gasteiger partial charge in [-0.15, -0.1) is 12.4 Å². The summed E-state index contributed by atoms with van der Waals surface area (Å²) in [7, 11) is 0. The van der Waals surface area contributed by atoms with Crippen LogP contribution in [-0.4, -0.2) is 4.55 Å². The minimum Gasteiger partial charge on any atom is -0.310 e. The van der Waals surface area contributed by atoms with Crippen molar-refractivity contribution in [3.8, 4) is 0 Å². The van der Waals surface area contributed by atoms with Gasteiger partial charge in [0.25, 0.3) is 0 Å². The lowest BCUT2D eigenvalue weighted by molar-refractivity contribution is 0.647. The van der Waals surface area contributed by atoms with Crippen molar-refractivity contribution in [2.24, 2.45) is 5.14 Å². The summed E-state index contributed by atoms with van der Waals surface area (Å²) in [4.78, 5) is 0. The maximum Gasteiger partial charge on any atom is 0.0979 e. The predicted molar refractivity (Wildman–Crippen MR) is 24.1 cm³/mol. The van der Waals surface area contributed by atoms with Crippen molar-refractivity contribution in [3.63, 3.8) is 0 Å². The molecule has 34 valence electrons. The Kier molecular flexibility index (Phi) is 7.87. The van der Waals surface area contributed by atoms with Gasteiger partial charge in [-0.2, -0.15) is 0 Å². The lowest BCUT2D eigenvalue weighted by Crippen LogP contribution is -1.94. The number of halogens is 1. The highest BCUT2D eigenvalue weighted by Gasteiger charge is 1.51. The summed E-state index contributed by atoms with van der Waals surface area (Å²) in [6, 6.07) is 0. The van der Waals surface area contributed by atoms with E-state index in [9.17, 15) is 0 Å². The first-order valence-corrected chi connectivity index (χ1v) is 1.87. The molecule has 0 rings (SSSR count).